The molecule has 1 aromatic rings. The van der Waals surface area contributed by atoms with Crippen LogP contribution in [0.3, 0.4) is 0 Å². The van der Waals surface area contributed by atoms with Crippen molar-refractivity contribution < 1.29 is 14.6 Å². The summed E-state index contributed by atoms with van der Waals surface area (Å²) in [5, 5.41) is 9.68. The van der Waals surface area contributed by atoms with Gasteiger partial charge in [0.15, 0.2) is 0 Å². The van der Waals surface area contributed by atoms with Crippen LogP contribution >= 0.6 is 15.9 Å². The van der Waals surface area contributed by atoms with Crippen LogP contribution in [0.1, 0.15) is 16.8 Å². The first kappa shape index (κ1) is 11.0. The van der Waals surface area contributed by atoms with Crippen molar-refractivity contribution in [2.24, 2.45) is 0 Å². The van der Waals surface area contributed by atoms with E-state index < -0.39 is 5.97 Å². The number of benzene rings is 1. The monoisotopic (exact) mass is 258 g/mol. The summed E-state index contributed by atoms with van der Waals surface area (Å²) in [6.07, 6.45) is 0.855. The van der Waals surface area contributed by atoms with Crippen LogP contribution in [0.2, 0.25) is 0 Å². The summed E-state index contributed by atoms with van der Waals surface area (Å²) in [5.74, 6) is -0.527. The van der Waals surface area contributed by atoms with Gasteiger partial charge in [-0.2, -0.15) is 0 Å². The molecular formula is C10H11BrO3. The first-order valence-corrected chi connectivity index (χ1v) is 5.39. The lowest BCUT2D eigenvalue weighted by Crippen LogP contribution is -2.04. The van der Waals surface area contributed by atoms with Crippen molar-refractivity contribution in [3.05, 3.63) is 29.8 Å². The fourth-order valence-corrected chi connectivity index (χ4v) is 1.23. The third-order valence-electron chi connectivity index (χ3n) is 1.65. The van der Waals surface area contributed by atoms with Crippen LogP contribution in [0.5, 0.6) is 5.75 Å². The number of hydrogen-bond donors (Lipinski definition) is 1. The third-order valence-corrected chi connectivity index (χ3v) is 2.21. The maximum Gasteiger partial charge on any atom is 0.339 e. The molecule has 0 aliphatic rings. The molecule has 0 heterocycles. The van der Waals surface area contributed by atoms with Crippen LogP contribution in [-0.4, -0.2) is 23.0 Å². The van der Waals surface area contributed by atoms with Crippen LogP contribution in [0, 0.1) is 0 Å². The highest BCUT2D eigenvalue weighted by molar-refractivity contribution is 9.09. The van der Waals surface area contributed by atoms with Crippen molar-refractivity contribution in [3.63, 3.8) is 0 Å². The van der Waals surface area contributed by atoms with Crippen molar-refractivity contribution >= 4 is 21.9 Å². The van der Waals surface area contributed by atoms with Crippen molar-refractivity contribution in [1.29, 1.82) is 0 Å². The van der Waals surface area contributed by atoms with E-state index in [1.165, 1.54) is 6.07 Å². The average Bonchev–Trinajstić information content (AvgIpc) is 2.19. The maximum absolute atomic E-state index is 10.8. The van der Waals surface area contributed by atoms with E-state index in [4.69, 9.17) is 9.84 Å². The number of hydrogen-bond acceptors (Lipinski definition) is 2. The Morgan fingerprint density at radius 1 is 1.43 bits per heavy atom. The Morgan fingerprint density at radius 2 is 2.14 bits per heavy atom. The molecule has 1 aromatic carbocycles. The molecule has 1 rings (SSSR count). The Kier molecular flexibility index (Phi) is 4.46. The van der Waals surface area contributed by atoms with Gasteiger partial charge in [0.2, 0.25) is 0 Å². The zero-order valence-electron chi connectivity index (χ0n) is 7.57. The van der Waals surface area contributed by atoms with Crippen LogP contribution < -0.4 is 4.74 Å². The molecule has 0 saturated heterocycles. The SMILES string of the molecule is O=C(O)c1ccccc1OCCCBr. The topological polar surface area (TPSA) is 46.5 Å². The van der Waals surface area contributed by atoms with Gasteiger partial charge >= 0.3 is 5.97 Å². The van der Waals surface area contributed by atoms with Gasteiger partial charge in [0.1, 0.15) is 11.3 Å². The molecule has 1 N–H and O–H groups in total. The molecule has 3 nitrogen and oxygen atoms in total. The highest BCUT2D eigenvalue weighted by Gasteiger charge is 2.09. The minimum absolute atomic E-state index is 0.210. The molecule has 0 unspecified atom stereocenters. The van der Waals surface area contributed by atoms with Crippen LogP contribution in [0.4, 0.5) is 0 Å². The second-order valence-corrected chi connectivity index (χ2v) is 3.49. The van der Waals surface area contributed by atoms with Crippen molar-refractivity contribution in [2.75, 3.05) is 11.9 Å². The Balaban J connectivity index is 2.69. The van der Waals surface area contributed by atoms with Crippen LogP contribution in [0.25, 0.3) is 0 Å². The molecule has 0 atom stereocenters. The van der Waals surface area contributed by atoms with Gasteiger partial charge in [-0.3, -0.25) is 0 Å². The van der Waals surface area contributed by atoms with Crippen LogP contribution in [0.15, 0.2) is 24.3 Å². The fraction of sp³-hybridized carbons (Fsp3) is 0.300. The lowest BCUT2D eigenvalue weighted by Gasteiger charge is -2.07. The quantitative estimate of drug-likeness (QED) is 0.652. The van der Waals surface area contributed by atoms with E-state index in [-0.39, 0.29) is 5.56 Å². The molecule has 0 aliphatic heterocycles. The number of ether oxygens (including phenoxy) is 1. The Morgan fingerprint density at radius 3 is 2.79 bits per heavy atom. The number of aromatic carboxylic acids is 1. The number of carboxylic acid groups (broad SMARTS) is 1. The fourth-order valence-electron chi connectivity index (χ4n) is 1.01. The lowest BCUT2D eigenvalue weighted by molar-refractivity contribution is 0.0692. The van der Waals surface area contributed by atoms with E-state index in [0.717, 1.165) is 11.8 Å². The second-order valence-electron chi connectivity index (χ2n) is 2.69. The minimum Gasteiger partial charge on any atom is -0.493 e. The number of halogens is 1. The first-order chi connectivity index (χ1) is 6.75. The van der Waals surface area contributed by atoms with E-state index >= 15 is 0 Å². The lowest BCUT2D eigenvalue weighted by atomic mass is 10.2. The normalized spacial score (nSPS) is 9.79. The Hall–Kier alpha value is -1.03. The number of rotatable bonds is 5. The van der Waals surface area contributed by atoms with Gasteiger partial charge in [0, 0.05) is 5.33 Å². The molecule has 0 bridgehead atoms. The summed E-state index contributed by atoms with van der Waals surface area (Å²) >= 11 is 3.27. The molecule has 0 amide bonds. The van der Waals surface area contributed by atoms with Crippen molar-refractivity contribution in [1.82, 2.24) is 0 Å². The van der Waals surface area contributed by atoms with Gasteiger partial charge in [0.05, 0.1) is 6.61 Å². The first-order valence-electron chi connectivity index (χ1n) is 4.27. The zero-order valence-corrected chi connectivity index (χ0v) is 9.16. The number of para-hydroxylation sites is 1. The number of carboxylic acids is 1. The summed E-state index contributed by atoms with van der Waals surface area (Å²) in [6, 6.07) is 6.64. The molecule has 0 saturated carbocycles. The average molecular weight is 259 g/mol. The summed E-state index contributed by atoms with van der Waals surface area (Å²) in [4.78, 5) is 10.8. The molecule has 0 spiro atoms. The molecular weight excluding hydrogens is 248 g/mol. The van der Waals surface area contributed by atoms with Gasteiger partial charge in [-0.1, -0.05) is 28.1 Å². The van der Waals surface area contributed by atoms with E-state index in [2.05, 4.69) is 15.9 Å². The van der Waals surface area contributed by atoms with E-state index in [0.29, 0.717) is 12.4 Å². The van der Waals surface area contributed by atoms with Crippen molar-refractivity contribution in [2.45, 2.75) is 6.42 Å². The number of alkyl halides is 1. The highest BCUT2D eigenvalue weighted by atomic mass is 79.9. The smallest absolute Gasteiger partial charge is 0.339 e. The summed E-state index contributed by atoms with van der Waals surface area (Å²) < 4.78 is 5.33. The van der Waals surface area contributed by atoms with E-state index in [1.807, 2.05) is 0 Å². The van der Waals surface area contributed by atoms with Gasteiger partial charge in [0.25, 0.3) is 0 Å². The second kappa shape index (κ2) is 5.65. The van der Waals surface area contributed by atoms with Gasteiger partial charge < -0.3 is 9.84 Å². The largest absolute Gasteiger partial charge is 0.493 e. The Labute approximate surface area is 90.8 Å². The molecule has 76 valence electrons. The van der Waals surface area contributed by atoms with Gasteiger partial charge in [-0.25, -0.2) is 4.79 Å². The molecule has 0 aliphatic carbocycles. The molecule has 0 radical (unpaired) electrons. The standard InChI is InChI=1S/C10H11BrO3/c11-6-3-7-14-9-5-2-1-4-8(9)10(12)13/h1-2,4-5H,3,6-7H2,(H,12,13). The molecule has 0 fully saturated rings. The zero-order chi connectivity index (χ0) is 10.4. The summed E-state index contributed by atoms with van der Waals surface area (Å²) in [6.45, 7) is 0.523. The predicted molar refractivity (Wildman–Crippen MR) is 57.3 cm³/mol. The van der Waals surface area contributed by atoms with E-state index in [1.54, 1.807) is 18.2 Å². The summed E-state index contributed by atoms with van der Waals surface area (Å²) in [7, 11) is 0. The Bertz CT molecular complexity index is 312. The number of carbonyl (C=O) groups is 1. The predicted octanol–water partition coefficient (Wildman–Crippen LogP) is 2.55. The van der Waals surface area contributed by atoms with Gasteiger partial charge in [-0.05, 0) is 18.6 Å². The van der Waals surface area contributed by atoms with Crippen molar-refractivity contribution in [3.8, 4) is 5.75 Å². The highest BCUT2D eigenvalue weighted by Crippen LogP contribution is 2.17. The molecule has 0 aromatic heterocycles. The molecule has 14 heavy (non-hydrogen) atoms. The van der Waals surface area contributed by atoms with Crippen LogP contribution in [-0.2, 0) is 0 Å². The van der Waals surface area contributed by atoms with Gasteiger partial charge in [-0.15, -0.1) is 0 Å². The molecule has 4 heteroatoms. The third kappa shape index (κ3) is 3.03. The maximum atomic E-state index is 10.8. The van der Waals surface area contributed by atoms with E-state index in [9.17, 15) is 4.79 Å². The summed E-state index contributed by atoms with van der Waals surface area (Å²) in [5.41, 5.74) is 0.210. The minimum atomic E-state index is -0.959.